The zero-order valence-corrected chi connectivity index (χ0v) is 11.1. The van der Waals surface area contributed by atoms with Gasteiger partial charge in [-0.25, -0.2) is 0 Å². The smallest absolute Gasteiger partial charge is 0.123 e. The van der Waals surface area contributed by atoms with Crippen molar-refractivity contribution in [2.45, 2.75) is 50.5 Å². The van der Waals surface area contributed by atoms with E-state index in [4.69, 9.17) is 4.74 Å². The van der Waals surface area contributed by atoms with Crippen LogP contribution in [0.25, 0.3) is 0 Å². The van der Waals surface area contributed by atoms with Crippen molar-refractivity contribution < 1.29 is 4.74 Å². The van der Waals surface area contributed by atoms with E-state index >= 15 is 0 Å². The highest BCUT2D eigenvalue weighted by molar-refractivity contribution is 9.10. The molecule has 1 nitrogen and oxygen atoms in total. The highest BCUT2D eigenvalue weighted by atomic mass is 79.9. The molecule has 0 amide bonds. The topological polar surface area (TPSA) is 9.23 Å². The molecule has 0 atom stereocenters. The molecule has 1 aliphatic heterocycles. The molecule has 1 aromatic carbocycles. The Morgan fingerprint density at radius 1 is 1.06 bits per heavy atom. The molecule has 0 bridgehead atoms. The van der Waals surface area contributed by atoms with Gasteiger partial charge in [-0.15, -0.1) is 0 Å². The maximum atomic E-state index is 6.25. The van der Waals surface area contributed by atoms with Crippen molar-refractivity contribution in [1.82, 2.24) is 0 Å². The van der Waals surface area contributed by atoms with Crippen molar-refractivity contribution >= 4 is 15.9 Å². The summed E-state index contributed by atoms with van der Waals surface area (Å²) in [4.78, 5) is 0. The molecule has 86 valence electrons. The van der Waals surface area contributed by atoms with Crippen LogP contribution in [0, 0.1) is 0 Å². The Balaban J connectivity index is 1.87. The number of hydrogen-bond acceptors (Lipinski definition) is 1. The first-order valence-corrected chi connectivity index (χ1v) is 7.04. The predicted molar refractivity (Wildman–Crippen MR) is 68.9 cm³/mol. The molecule has 1 aromatic rings. The van der Waals surface area contributed by atoms with Gasteiger partial charge in [-0.1, -0.05) is 28.8 Å². The molecule has 0 N–H and O–H groups in total. The van der Waals surface area contributed by atoms with Crippen molar-refractivity contribution in [3.63, 3.8) is 0 Å². The quantitative estimate of drug-likeness (QED) is 0.681. The summed E-state index contributed by atoms with van der Waals surface area (Å²) in [7, 11) is 0. The number of benzene rings is 1. The highest BCUT2D eigenvalue weighted by Gasteiger charge is 2.39. The normalized spacial score (nSPS) is 22.6. The molecule has 2 heteroatoms. The molecule has 3 rings (SSSR count). The lowest BCUT2D eigenvalue weighted by atomic mass is 9.89. The molecule has 16 heavy (non-hydrogen) atoms. The summed E-state index contributed by atoms with van der Waals surface area (Å²) in [5.74, 6) is 1.12. The lowest BCUT2D eigenvalue weighted by Gasteiger charge is -2.27. The third-order valence-electron chi connectivity index (χ3n) is 3.88. The SMILES string of the molecule is Brc1ccc2c(c1)CC1(CCCCCC1)O2. The summed E-state index contributed by atoms with van der Waals surface area (Å²) in [6, 6.07) is 6.41. The minimum Gasteiger partial charge on any atom is -0.487 e. The Bertz CT molecular complexity index is 392. The van der Waals surface area contributed by atoms with Crippen LogP contribution in [0.1, 0.15) is 44.1 Å². The Morgan fingerprint density at radius 2 is 1.81 bits per heavy atom. The van der Waals surface area contributed by atoms with Gasteiger partial charge in [0, 0.05) is 10.9 Å². The van der Waals surface area contributed by atoms with E-state index < -0.39 is 0 Å². The number of ether oxygens (including phenoxy) is 1. The molecule has 1 spiro atoms. The Labute approximate surface area is 105 Å². The third-order valence-corrected chi connectivity index (χ3v) is 4.37. The molecule has 2 aliphatic rings. The van der Waals surface area contributed by atoms with Crippen LogP contribution in [0.3, 0.4) is 0 Å². The first-order valence-electron chi connectivity index (χ1n) is 6.25. The predicted octanol–water partition coefficient (Wildman–Crippen LogP) is 4.48. The Morgan fingerprint density at radius 3 is 2.56 bits per heavy atom. The van der Waals surface area contributed by atoms with Crippen LogP contribution in [-0.2, 0) is 6.42 Å². The monoisotopic (exact) mass is 280 g/mol. The number of halogens is 1. The average molecular weight is 281 g/mol. The molecule has 1 aliphatic carbocycles. The van der Waals surface area contributed by atoms with Crippen LogP contribution < -0.4 is 4.74 Å². The van der Waals surface area contributed by atoms with Gasteiger partial charge in [-0.2, -0.15) is 0 Å². The van der Waals surface area contributed by atoms with Crippen molar-refractivity contribution in [3.8, 4) is 5.75 Å². The van der Waals surface area contributed by atoms with Gasteiger partial charge in [0.05, 0.1) is 0 Å². The van der Waals surface area contributed by atoms with E-state index in [-0.39, 0.29) is 5.60 Å². The van der Waals surface area contributed by atoms with Crippen molar-refractivity contribution in [1.29, 1.82) is 0 Å². The van der Waals surface area contributed by atoms with Crippen LogP contribution in [0.4, 0.5) is 0 Å². The van der Waals surface area contributed by atoms with Crippen molar-refractivity contribution in [3.05, 3.63) is 28.2 Å². The molecular formula is C14H17BrO. The molecule has 0 aromatic heterocycles. The summed E-state index contributed by atoms with van der Waals surface area (Å²) in [5.41, 5.74) is 1.52. The van der Waals surface area contributed by atoms with E-state index in [1.165, 1.54) is 48.6 Å². The van der Waals surface area contributed by atoms with Crippen molar-refractivity contribution in [2.75, 3.05) is 0 Å². The van der Waals surface area contributed by atoms with Crippen LogP contribution >= 0.6 is 15.9 Å². The van der Waals surface area contributed by atoms with E-state index in [2.05, 4.69) is 34.1 Å². The van der Waals surface area contributed by atoms with E-state index in [9.17, 15) is 0 Å². The first-order chi connectivity index (χ1) is 7.77. The fraction of sp³-hybridized carbons (Fsp3) is 0.571. The first kappa shape index (κ1) is 10.6. The van der Waals surface area contributed by atoms with Gasteiger partial charge < -0.3 is 4.74 Å². The molecule has 0 unspecified atom stereocenters. The summed E-state index contributed by atoms with van der Waals surface area (Å²) < 4.78 is 7.42. The van der Waals surface area contributed by atoms with Crippen LogP contribution in [0.2, 0.25) is 0 Å². The molecule has 1 fully saturated rings. The molecule has 1 heterocycles. The fourth-order valence-electron chi connectivity index (χ4n) is 3.05. The number of rotatable bonds is 0. The molecule has 1 saturated carbocycles. The lowest BCUT2D eigenvalue weighted by molar-refractivity contribution is 0.0773. The van der Waals surface area contributed by atoms with E-state index in [1.54, 1.807) is 0 Å². The van der Waals surface area contributed by atoms with Gasteiger partial charge in [0.15, 0.2) is 0 Å². The van der Waals surface area contributed by atoms with E-state index in [0.717, 1.165) is 12.2 Å². The lowest BCUT2D eigenvalue weighted by Crippen LogP contribution is -2.33. The summed E-state index contributed by atoms with van der Waals surface area (Å²) in [6.07, 6.45) is 9.00. The minimum absolute atomic E-state index is 0.139. The second-order valence-corrected chi connectivity index (χ2v) is 6.04. The summed E-state index contributed by atoms with van der Waals surface area (Å²) in [5, 5.41) is 0. The summed E-state index contributed by atoms with van der Waals surface area (Å²) in [6.45, 7) is 0. The van der Waals surface area contributed by atoms with Gasteiger partial charge in [0.2, 0.25) is 0 Å². The van der Waals surface area contributed by atoms with Gasteiger partial charge in [0.25, 0.3) is 0 Å². The maximum absolute atomic E-state index is 6.25. The van der Waals surface area contributed by atoms with Crippen LogP contribution in [0.15, 0.2) is 22.7 Å². The largest absolute Gasteiger partial charge is 0.487 e. The standard InChI is InChI=1S/C14H17BrO/c15-12-5-6-13-11(9-12)10-14(16-13)7-3-1-2-4-8-14/h5-6,9H,1-4,7-8,10H2. The van der Waals surface area contributed by atoms with E-state index in [0.29, 0.717) is 0 Å². The zero-order chi connectivity index (χ0) is 11.0. The second-order valence-electron chi connectivity index (χ2n) is 5.13. The van der Waals surface area contributed by atoms with Crippen molar-refractivity contribution in [2.24, 2.45) is 0 Å². The van der Waals surface area contributed by atoms with Gasteiger partial charge in [-0.05, 0) is 49.4 Å². The van der Waals surface area contributed by atoms with Gasteiger partial charge >= 0.3 is 0 Å². The summed E-state index contributed by atoms with van der Waals surface area (Å²) >= 11 is 3.54. The van der Waals surface area contributed by atoms with Gasteiger partial charge in [-0.3, -0.25) is 0 Å². The maximum Gasteiger partial charge on any atom is 0.123 e. The number of fused-ring (bicyclic) bond motifs is 1. The second kappa shape index (κ2) is 4.06. The average Bonchev–Trinajstić information content (AvgIpc) is 2.44. The van der Waals surface area contributed by atoms with E-state index in [1.807, 2.05) is 0 Å². The Kier molecular flexibility index (Phi) is 2.70. The Hall–Kier alpha value is -0.500. The van der Waals surface area contributed by atoms with Gasteiger partial charge in [0.1, 0.15) is 11.4 Å². The molecule has 0 radical (unpaired) electrons. The molecule has 0 saturated heterocycles. The third kappa shape index (κ3) is 1.88. The van der Waals surface area contributed by atoms with Crippen LogP contribution in [0.5, 0.6) is 5.75 Å². The number of hydrogen-bond donors (Lipinski definition) is 0. The fourth-order valence-corrected chi connectivity index (χ4v) is 3.46. The highest BCUT2D eigenvalue weighted by Crippen LogP contribution is 2.43. The van der Waals surface area contributed by atoms with Crippen LogP contribution in [-0.4, -0.2) is 5.60 Å². The minimum atomic E-state index is 0.139. The molecular weight excluding hydrogens is 264 g/mol. The zero-order valence-electron chi connectivity index (χ0n) is 9.47.